The number of halogens is 12. The highest BCUT2D eigenvalue weighted by Gasteiger charge is 2.24. The molecule has 10 heterocycles. The van der Waals surface area contributed by atoms with E-state index in [9.17, 15) is 92.6 Å². The normalized spacial score (nSPS) is 11.5. The van der Waals surface area contributed by atoms with Crippen LogP contribution in [0.4, 0.5) is 54.0 Å². The van der Waals surface area contributed by atoms with Crippen LogP contribution in [0.25, 0.3) is 100 Å². The van der Waals surface area contributed by atoms with E-state index in [0.29, 0.717) is 83.8 Å². The van der Waals surface area contributed by atoms with Crippen molar-refractivity contribution in [1.82, 2.24) is 46.9 Å². The fraction of sp³-hybridized carbons (Fsp3) is 0.0600. The molecule has 9 aromatic carbocycles. The van der Waals surface area contributed by atoms with E-state index in [1.54, 1.807) is 69.8 Å². The maximum absolute atomic E-state index is 13.5. The minimum absolute atomic E-state index is 0.0209. The molecular formula is C100H65ClF11N11O9S5. The Balaban J connectivity index is 0.000000131. The summed E-state index contributed by atoms with van der Waals surface area (Å²) in [6.45, 7) is 7.11. The highest BCUT2D eigenvalue weighted by Crippen LogP contribution is 2.37. The van der Waals surface area contributed by atoms with E-state index < -0.39 is 98.6 Å². The molecule has 0 aliphatic heterocycles. The number of aromatic nitrogens is 10. The first kappa shape index (κ1) is 96.3. The van der Waals surface area contributed by atoms with Crippen molar-refractivity contribution in [2.24, 2.45) is 0 Å². The van der Waals surface area contributed by atoms with Crippen LogP contribution in [-0.4, -0.2) is 91.0 Å². The van der Waals surface area contributed by atoms with E-state index in [2.05, 4.69) is 24.9 Å². The number of ketones is 5. The van der Waals surface area contributed by atoms with Crippen LogP contribution in [-0.2, 0) is 13.2 Å². The number of benzene rings is 9. The Morgan fingerprint density at radius 3 is 0.964 bits per heavy atom. The molecule has 0 unspecified atom stereocenters. The lowest BCUT2D eigenvalue weighted by molar-refractivity contribution is -0.385. The largest absolute Gasteiger partial charge is 0.392 e. The molecule has 0 saturated carbocycles. The molecule has 0 aliphatic carbocycles. The summed E-state index contributed by atoms with van der Waals surface area (Å²) in [4.78, 5) is 102. The third-order valence-electron chi connectivity index (χ3n) is 20.3. The SMILES string of the molecule is Cc1cn2c(/C=C/C(=O)c3cc(F)cc(F)c3)c(-c3ccc(CO)c([N+](=O)[O-])c3)nc2s1.Cc1cn2c(/C=C/C(=O)c3cc(F)cc(F)c3)c(-c3ccc(CO)cc3)nc2s1.Cc1cn2c(/C=C/C(=O)c3cc(F)cc(F)c3)c(-c3ccc(Cl)cc3)nc2s1.Cc1nc2sccn2c1/C=C/C(=O)c1cc(F)cc(F)c1.O=C(/C=C/c1c(-c2ccc(F)cc2)nc2sccn12)c1cc(F)cc(F)c1. The van der Waals surface area contributed by atoms with Crippen molar-refractivity contribution in [3.63, 3.8) is 0 Å². The molecular weight excluding hydrogens is 1900 g/mol. The van der Waals surface area contributed by atoms with Crippen molar-refractivity contribution in [2.75, 3.05) is 0 Å². The maximum Gasteiger partial charge on any atom is 0.275 e. The number of carbonyl (C=O) groups excluding carboxylic acids is 5. The molecule has 10 aromatic heterocycles. The molecule has 0 spiro atoms. The van der Waals surface area contributed by atoms with Crippen LogP contribution in [0, 0.1) is 102 Å². The van der Waals surface area contributed by atoms with Crippen LogP contribution >= 0.6 is 68.3 Å². The maximum atomic E-state index is 13.5. The van der Waals surface area contributed by atoms with Crippen LogP contribution in [0.2, 0.25) is 5.02 Å². The predicted octanol–water partition coefficient (Wildman–Crippen LogP) is 25.4. The van der Waals surface area contributed by atoms with E-state index in [1.165, 1.54) is 123 Å². The standard InChI is InChI=1S/C22H15F2N3O4S.C22H16F2N2O2S.C21H13ClF2N2OS.C20H11F3N2OS.C15H10F2N2OS/c1-12-10-26-18(4-5-20(29)15-6-16(23)9-17(24)7-15)21(25-22(26)32-12)13-2-3-14(11-28)19(8-13)27(30)31;1-13-11-26-19(6-7-20(28)16-8-17(23)10-18(24)9-16)21(25-22(26)29-13)15-4-2-14(12-27)3-5-15;1-12-11-26-18(6-7-19(27)14-8-16(23)10-17(24)9-14)20(25-21(26)28-12)13-2-4-15(22)5-3-13;21-14-3-1-12(2-4-14)19-17(25-7-8-27-20(25)24-19)5-6-18(26)13-9-15(22)11-16(23)10-13;1-9-13(19-4-5-21-15(19)18-9)2-3-14(20)10-6-11(16)8-12(17)7-10/h2-10,28H,11H2,1H3;2-11,27H,12H2,1H3;2-11H,1H3;1-11H;2-8H,1H3/b5-4+;2*7-6+;6-5+;3-2+. The van der Waals surface area contributed by atoms with Crippen molar-refractivity contribution >= 4 is 158 Å². The summed E-state index contributed by atoms with van der Waals surface area (Å²) in [5.41, 5.74) is 9.50. The van der Waals surface area contributed by atoms with Gasteiger partial charge in [-0.25, -0.2) is 73.2 Å². The number of imidazole rings is 5. The second kappa shape index (κ2) is 42.1. The lowest BCUT2D eigenvalue weighted by Gasteiger charge is -2.04. The average Bonchev–Trinajstić information content (AvgIpc) is 1.71. The zero-order valence-corrected chi connectivity index (χ0v) is 76.1. The van der Waals surface area contributed by atoms with Gasteiger partial charge in [-0.2, -0.15) is 0 Å². The molecule has 0 fully saturated rings. The van der Waals surface area contributed by atoms with Crippen LogP contribution in [0.15, 0.2) is 254 Å². The first-order chi connectivity index (χ1) is 65.7. The highest BCUT2D eigenvalue weighted by atomic mass is 35.5. The number of hydrogen-bond donors (Lipinski definition) is 2. The van der Waals surface area contributed by atoms with E-state index in [0.717, 1.165) is 136 Å². The summed E-state index contributed by atoms with van der Waals surface area (Å²) in [6, 6.07) is 38.2. The number of hydrogen-bond acceptors (Lipinski definition) is 19. The Bertz CT molecular complexity index is 7980. The smallest absolute Gasteiger partial charge is 0.275 e. The van der Waals surface area contributed by atoms with Gasteiger partial charge in [-0.3, -0.25) is 56.1 Å². The van der Waals surface area contributed by atoms with Crippen LogP contribution in [0.1, 0.15) is 112 Å². The van der Waals surface area contributed by atoms with Gasteiger partial charge in [0.1, 0.15) is 64.0 Å². The summed E-state index contributed by atoms with van der Waals surface area (Å²) in [7, 11) is 0. The number of nitro groups is 1. The van der Waals surface area contributed by atoms with Crippen molar-refractivity contribution < 1.29 is 87.4 Å². The van der Waals surface area contributed by atoms with Crippen molar-refractivity contribution in [1.29, 1.82) is 0 Å². The van der Waals surface area contributed by atoms with E-state index in [-0.39, 0.29) is 51.5 Å². The van der Waals surface area contributed by atoms with Crippen molar-refractivity contribution in [3.8, 4) is 45.0 Å². The quantitative estimate of drug-likeness (QED) is 0.0210. The fourth-order valence-corrected chi connectivity index (χ4v) is 18.2. The lowest BCUT2D eigenvalue weighted by Crippen LogP contribution is -1.98. The molecule has 137 heavy (non-hydrogen) atoms. The van der Waals surface area contributed by atoms with Gasteiger partial charge in [-0.05, 0) is 197 Å². The number of rotatable bonds is 22. The van der Waals surface area contributed by atoms with Gasteiger partial charge in [0.25, 0.3) is 5.69 Å². The Kier molecular flexibility index (Phi) is 29.6. The predicted molar refractivity (Wildman–Crippen MR) is 508 cm³/mol. The van der Waals surface area contributed by atoms with Crippen LogP contribution in [0.5, 0.6) is 0 Å². The molecule has 19 rings (SSSR count). The summed E-state index contributed by atoms with van der Waals surface area (Å²) in [5.74, 6) is -11.1. The third kappa shape index (κ3) is 22.9. The molecule has 37 heteroatoms. The number of thiazole rings is 5. The van der Waals surface area contributed by atoms with Crippen LogP contribution < -0.4 is 0 Å². The summed E-state index contributed by atoms with van der Waals surface area (Å²) in [5, 5.41) is 34.3. The summed E-state index contributed by atoms with van der Waals surface area (Å²) >= 11 is 13.3. The van der Waals surface area contributed by atoms with Gasteiger partial charge < -0.3 is 10.2 Å². The van der Waals surface area contributed by atoms with E-state index >= 15 is 0 Å². The van der Waals surface area contributed by atoms with E-state index in [4.69, 9.17) is 11.6 Å². The number of fused-ring (bicyclic) bond motifs is 5. The number of aliphatic hydroxyl groups is 2. The third-order valence-corrected chi connectivity index (χ3v) is 24.7. The van der Waals surface area contributed by atoms with Gasteiger partial charge in [0.05, 0.1) is 80.6 Å². The number of aryl methyl sites for hydroxylation is 4. The molecule has 2 N–H and O–H groups in total. The number of aliphatic hydroxyl groups excluding tert-OH is 2. The van der Waals surface area contributed by atoms with Gasteiger partial charge in [0.15, 0.2) is 53.7 Å². The topological polar surface area (TPSA) is 255 Å². The molecule has 0 saturated heterocycles. The number of allylic oxidation sites excluding steroid dienone is 5. The second-order valence-corrected chi connectivity index (χ2v) is 35.8. The molecule has 688 valence electrons. The molecule has 0 atom stereocenters. The second-order valence-electron chi connectivity index (χ2n) is 30.0. The van der Waals surface area contributed by atoms with Gasteiger partial charge in [-0.15, -0.1) is 56.7 Å². The monoisotopic (exact) mass is 1970 g/mol. The zero-order valence-electron chi connectivity index (χ0n) is 71.3. The molecule has 0 aliphatic rings. The molecule has 0 bridgehead atoms. The first-order valence-electron chi connectivity index (χ1n) is 40.5. The Morgan fingerprint density at radius 2 is 0.635 bits per heavy atom. The Morgan fingerprint density at radius 1 is 0.350 bits per heavy atom. The molecule has 0 amide bonds. The lowest BCUT2D eigenvalue weighted by atomic mass is 10.0. The Hall–Kier alpha value is -15.3. The van der Waals surface area contributed by atoms with Gasteiger partial charge in [0, 0.05) is 148 Å². The summed E-state index contributed by atoms with van der Waals surface area (Å²) in [6.07, 6.45) is 23.4. The number of nitro benzene ring substituents is 1. The van der Waals surface area contributed by atoms with Crippen LogP contribution in [0.3, 0.4) is 0 Å². The van der Waals surface area contributed by atoms with E-state index in [1.807, 2.05) is 107 Å². The molecule has 20 nitrogen and oxygen atoms in total. The minimum atomic E-state index is -0.862. The fourth-order valence-electron chi connectivity index (χ4n) is 14.1. The van der Waals surface area contributed by atoms with Gasteiger partial charge in [0.2, 0.25) is 0 Å². The number of carbonyl (C=O) groups is 5. The minimum Gasteiger partial charge on any atom is -0.392 e. The highest BCUT2D eigenvalue weighted by molar-refractivity contribution is 7.17. The average molecular weight is 1970 g/mol. The first-order valence-corrected chi connectivity index (χ1v) is 45.1. The molecule has 19 aromatic rings. The van der Waals surface area contributed by atoms with Crippen molar-refractivity contribution in [2.45, 2.75) is 40.9 Å². The summed E-state index contributed by atoms with van der Waals surface area (Å²) < 4.78 is 156. The number of nitrogens with zero attached hydrogens (tertiary/aromatic N) is 11. The Labute approximate surface area is 793 Å². The van der Waals surface area contributed by atoms with Gasteiger partial charge in [-0.1, -0.05) is 54.1 Å². The van der Waals surface area contributed by atoms with Crippen molar-refractivity contribution in [3.05, 3.63) is 421 Å². The van der Waals surface area contributed by atoms with Gasteiger partial charge >= 0.3 is 0 Å². The molecule has 0 radical (unpaired) electrons. The zero-order chi connectivity index (χ0) is 97.3.